The summed E-state index contributed by atoms with van der Waals surface area (Å²) in [6.45, 7) is -0.118. The molecule has 0 saturated heterocycles. The van der Waals surface area contributed by atoms with E-state index in [4.69, 9.17) is 5.73 Å². The molecule has 0 aliphatic heterocycles. The molecule has 76 valence electrons. The van der Waals surface area contributed by atoms with E-state index < -0.39 is 9.84 Å². The maximum Gasteiger partial charge on any atom is 0.176 e. The topological polar surface area (TPSA) is 77.2 Å². The standard InChI is InChI=1S/C9H11NO3S/c1-14(12,13)8-4-2-3-7(5-8)9(11)6-10/h2-5H,6,10H2,1H3. The molecule has 0 aliphatic carbocycles. The van der Waals surface area contributed by atoms with Crippen LogP contribution in [0.5, 0.6) is 0 Å². The van der Waals surface area contributed by atoms with Gasteiger partial charge in [0.05, 0.1) is 11.4 Å². The average molecular weight is 213 g/mol. The molecule has 0 heterocycles. The van der Waals surface area contributed by atoms with Gasteiger partial charge in [0.15, 0.2) is 15.6 Å². The third-order valence-corrected chi connectivity index (χ3v) is 2.88. The number of benzene rings is 1. The number of nitrogens with two attached hydrogens (primary N) is 1. The fourth-order valence-corrected chi connectivity index (χ4v) is 1.68. The maximum atomic E-state index is 11.2. The summed E-state index contributed by atoms with van der Waals surface area (Å²) in [7, 11) is -3.26. The van der Waals surface area contributed by atoms with Gasteiger partial charge in [-0.2, -0.15) is 0 Å². The van der Waals surface area contributed by atoms with E-state index >= 15 is 0 Å². The van der Waals surface area contributed by atoms with Crippen molar-refractivity contribution in [3.63, 3.8) is 0 Å². The highest BCUT2D eigenvalue weighted by Gasteiger charge is 2.09. The first-order valence-electron chi connectivity index (χ1n) is 3.98. The van der Waals surface area contributed by atoms with Gasteiger partial charge in [0.2, 0.25) is 0 Å². The lowest BCUT2D eigenvalue weighted by molar-refractivity contribution is 0.100. The van der Waals surface area contributed by atoms with E-state index in [0.29, 0.717) is 5.56 Å². The van der Waals surface area contributed by atoms with Crippen molar-refractivity contribution in [2.24, 2.45) is 5.73 Å². The van der Waals surface area contributed by atoms with E-state index in [-0.39, 0.29) is 17.2 Å². The van der Waals surface area contributed by atoms with Gasteiger partial charge >= 0.3 is 0 Å². The SMILES string of the molecule is CS(=O)(=O)c1cccc(C(=O)CN)c1. The van der Waals surface area contributed by atoms with E-state index in [2.05, 4.69) is 0 Å². The van der Waals surface area contributed by atoms with Crippen LogP contribution in [0.3, 0.4) is 0 Å². The predicted molar refractivity (Wildman–Crippen MR) is 52.9 cm³/mol. The molecule has 0 atom stereocenters. The Morgan fingerprint density at radius 2 is 2.07 bits per heavy atom. The molecule has 5 heteroatoms. The number of hydrogen-bond donors (Lipinski definition) is 1. The van der Waals surface area contributed by atoms with Crippen LogP contribution in [-0.2, 0) is 9.84 Å². The zero-order valence-corrected chi connectivity index (χ0v) is 8.54. The van der Waals surface area contributed by atoms with Crippen LogP contribution in [-0.4, -0.2) is 27.0 Å². The van der Waals surface area contributed by atoms with Gasteiger partial charge in [0.1, 0.15) is 0 Å². The lowest BCUT2D eigenvalue weighted by atomic mass is 10.1. The van der Waals surface area contributed by atoms with Crippen molar-refractivity contribution in [3.05, 3.63) is 29.8 Å². The average Bonchev–Trinajstić information content (AvgIpc) is 2.15. The Labute approximate surface area is 82.7 Å². The zero-order valence-electron chi connectivity index (χ0n) is 7.73. The molecule has 1 aromatic carbocycles. The summed E-state index contributed by atoms with van der Waals surface area (Å²) in [5.74, 6) is -0.268. The summed E-state index contributed by atoms with van der Waals surface area (Å²) in [6, 6.07) is 5.86. The molecule has 1 aromatic rings. The Hall–Kier alpha value is -1.20. The minimum absolute atomic E-state index is 0.118. The van der Waals surface area contributed by atoms with Gasteiger partial charge < -0.3 is 5.73 Å². The molecule has 4 nitrogen and oxygen atoms in total. The molecule has 0 fully saturated rings. The molecule has 0 amide bonds. The Bertz CT molecular complexity index is 451. The predicted octanol–water partition coefficient (Wildman–Crippen LogP) is 0.232. The summed E-state index contributed by atoms with van der Waals surface area (Å²) in [5.41, 5.74) is 5.49. The number of hydrogen-bond acceptors (Lipinski definition) is 4. The van der Waals surface area contributed by atoms with Crippen molar-refractivity contribution in [3.8, 4) is 0 Å². The van der Waals surface area contributed by atoms with Gasteiger partial charge in [0.25, 0.3) is 0 Å². The monoisotopic (exact) mass is 213 g/mol. The molecule has 14 heavy (non-hydrogen) atoms. The van der Waals surface area contributed by atoms with Crippen LogP contribution in [0.2, 0.25) is 0 Å². The first-order chi connectivity index (χ1) is 6.45. The van der Waals surface area contributed by atoms with E-state index in [1.54, 1.807) is 6.07 Å². The number of ketones is 1. The Kier molecular flexibility index (Phi) is 3.03. The fourth-order valence-electron chi connectivity index (χ4n) is 1.02. The van der Waals surface area contributed by atoms with Gasteiger partial charge in [-0.05, 0) is 12.1 Å². The Morgan fingerprint density at radius 3 is 2.57 bits per heavy atom. The second kappa shape index (κ2) is 3.89. The van der Waals surface area contributed by atoms with Crippen LogP contribution < -0.4 is 5.73 Å². The molecule has 0 spiro atoms. The molecule has 2 N–H and O–H groups in total. The summed E-state index contributed by atoms with van der Waals surface area (Å²) in [6.07, 6.45) is 1.10. The second-order valence-electron chi connectivity index (χ2n) is 2.93. The molecular formula is C9H11NO3S. The van der Waals surface area contributed by atoms with Crippen LogP contribution in [0.4, 0.5) is 0 Å². The maximum absolute atomic E-state index is 11.2. The highest BCUT2D eigenvalue weighted by molar-refractivity contribution is 7.90. The fraction of sp³-hybridized carbons (Fsp3) is 0.222. The molecular weight excluding hydrogens is 202 g/mol. The molecule has 0 aliphatic rings. The molecule has 0 radical (unpaired) electrons. The van der Waals surface area contributed by atoms with Crippen LogP contribution in [0.25, 0.3) is 0 Å². The van der Waals surface area contributed by atoms with Crippen molar-refractivity contribution in [1.29, 1.82) is 0 Å². The summed E-state index contributed by atoms with van der Waals surface area (Å²) in [5, 5.41) is 0. The molecule has 0 bridgehead atoms. The second-order valence-corrected chi connectivity index (χ2v) is 4.94. The molecule has 0 aromatic heterocycles. The molecule has 0 unspecified atom stereocenters. The van der Waals surface area contributed by atoms with Crippen molar-refractivity contribution in [1.82, 2.24) is 0 Å². The quantitative estimate of drug-likeness (QED) is 0.729. The minimum Gasteiger partial charge on any atom is -0.324 e. The van der Waals surface area contributed by atoms with Crippen LogP contribution >= 0.6 is 0 Å². The number of carbonyl (C=O) groups excluding carboxylic acids is 1. The van der Waals surface area contributed by atoms with E-state index in [9.17, 15) is 13.2 Å². The highest BCUT2D eigenvalue weighted by Crippen LogP contribution is 2.11. The zero-order chi connectivity index (χ0) is 10.8. The smallest absolute Gasteiger partial charge is 0.176 e. The first-order valence-corrected chi connectivity index (χ1v) is 5.87. The molecule has 0 saturated carbocycles. The van der Waals surface area contributed by atoms with Crippen molar-refractivity contribution < 1.29 is 13.2 Å². The number of rotatable bonds is 3. The Morgan fingerprint density at radius 1 is 1.43 bits per heavy atom. The van der Waals surface area contributed by atoms with Crippen molar-refractivity contribution in [2.75, 3.05) is 12.8 Å². The number of carbonyl (C=O) groups is 1. The summed E-state index contributed by atoms with van der Waals surface area (Å²) < 4.78 is 22.3. The first kappa shape index (κ1) is 10.9. The summed E-state index contributed by atoms with van der Waals surface area (Å²) in [4.78, 5) is 11.3. The Balaban J connectivity index is 3.21. The summed E-state index contributed by atoms with van der Waals surface area (Å²) >= 11 is 0. The van der Waals surface area contributed by atoms with E-state index in [1.807, 2.05) is 0 Å². The van der Waals surface area contributed by atoms with Gasteiger partial charge in [-0.1, -0.05) is 12.1 Å². The van der Waals surface area contributed by atoms with Gasteiger partial charge in [-0.3, -0.25) is 4.79 Å². The van der Waals surface area contributed by atoms with E-state index in [0.717, 1.165) is 6.26 Å². The van der Waals surface area contributed by atoms with Gasteiger partial charge in [-0.15, -0.1) is 0 Å². The van der Waals surface area contributed by atoms with Gasteiger partial charge in [-0.25, -0.2) is 8.42 Å². The minimum atomic E-state index is -3.26. The number of Topliss-reactive ketones (excluding diaryl/α,β-unsaturated/α-hetero) is 1. The number of sulfone groups is 1. The normalized spacial score (nSPS) is 11.3. The third-order valence-electron chi connectivity index (χ3n) is 1.77. The van der Waals surface area contributed by atoms with Crippen LogP contribution in [0, 0.1) is 0 Å². The molecule has 1 rings (SSSR count). The highest BCUT2D eigenvalue weighted by atomic mass is 32.2. The van der Waals surface area contributed by atoms with E-state index in [1.165, 1.54) is 18.2 Å². The van der Waals surface area contributed by atoms with Crippen LogP contribution in [0.1, 0.15) is 10.4 Å². The van der Waals surface area contributed by atoms with Crippen molar-refractivity contribution in [2.45, 2.75) is 4.90 Å². The third kappa shape index (κ3) is 2.40. The largest absolute Gasteiger partial charge is 0.324 e. The van der Waals surface area contributed by atoms with Crippen molar-refractivity contribution >= 4 is 15.6 Å². The van der Waals surface area contributed by atoms with Gasteiger partial charge in [0, 0.05) is 11.8 Å². The lowest BCUT2D eigenvalue weighted by Gasteiger charge is -2.01. The van der Waals surface area contributed by atoms with Crippen LogP contribution in [0.15, 0.2) is 29.2 Å². The lowest BCUT2D eigenvalue weighted by Crippen LogP contribution is -2.14.